The van der Waals surface area contributed by atoms with Crippen LogP contribution in [0.2, 0.25) is 5.02 Å². The van der Waals surface area contributed by atoms with Crippen molar-refractivity contribution in [2.75, 3.05) is 5.73 Å². The van der Waals surface area contributed by atoms with Crippen LogP contribution in [0.1, 0.15) is 5.56 Å². The lowest BCUT2D eigenvalue weighted by molar-refractivity contribution is -0.384. The molecule has 6 nitrogen and oxygen atoms in total. The van der Waals surface area contributed by atoms with Gasteiger partial charge in [0.1, 0.15) is 17.5 Å². The number of aromatic nitrogens is 1. The van der Waals surface area contributed by atoms with E-state index in [9.17, 15) is 15.4 Å². The van der Waals surface area contributed by atoms with E-state index in [1.54, 1.807) is 36.4 Å². The number of anilines is 1. The molecule has 0 bridgehead atoms. The van der Waals surface area contributed by atoms with Crippen LogP contribution in [0.5, 0.6) is 0 Å². The molecule has 0 saturated heterocycles. The second-order valence-electron chi connectivity index (χ2n) is 5.21. The van der Waals surface area contributed by atoms with E-state index in [-0.39, 0.29) is 17.1 Å². The van der Waals surface area contributed by atoms with Crippen LogP contribution >= 0.6 is 11.6 Å². The van der Waals surface area contributed by atoms with Crippen LogP contribution in [0.25, 0.3) is 22.4 Å². The number of benzene rings is 2. The molecule has 1 aromatic heterocycles. The molecule has 2 N–H and O–H groups in total. The first kappa shape index (κ1) is 16.4. The van der Waals surface area contributed by atoms with Gasteiger partial charge < -0.3 is 5.73 Å². The first-order valence-corrected chi connectivity index (χ1v) is 7.59. The van der Waals surface area contributed by atoms with Crippen molar-refractivity contribution < 1.29 is 4.92 Å². The van der Waals surface area contributed by atoms with Gasteiger partial charge >= 0.3 is 0 Å². The molecule has 7 heteroatoms. The zero-order valence-corrected chi connectivity index (χ0v) is 13.6. The summed E-state index contributed by atoms with van der Waals surface area (Å²) in [5.74, 6) is 0.0771. The maximum Gasteiger partial charge on any atom is 0.269 e. The summed E-state index contributed by atoms with van der Waals surface area (Å²) in [5, 5.41) is 20.7. The van der Waals surface area contributed by atoms with Crippen molar-refractivity contribution in [2.45, 2.75) is 0 Å². The van der Waals surface area contributed by atoms with Crippen LogP contribution in [0.4, 0.5) is 11.5 Å². The minimum atomic E-state index is -0.473. The molecule has 0 fully saturated rings. The molecule has 0 aliphatic rings. The van der Waals surface area contributed by atoms with E-state index in [2.05, 4.69) is 11.1 Å². The number of nitriles is 1. The number of nitro benzene ring substituents is 1. The molecule has 0 radical (unpaired) electrons. The Bertz CT molecular complexity index is 1010. The van der Waals surface area contributed by atoms with E-state index in [0.717, 1.165) is 0 Å². The minimum absolute atomic E-state index is 0.0169. The number of nitrogens with two attached hydrogens (primary N) is 1. The molecule has 0 amide bonds. The third-order valence-electron chi connectivity index (χ3n) is 3.70. The van der Waals surface area contributed by atoms with E-state index in [4.69, 9.17) is 17.3 Å². The molecule has 0 aliphatic carbocycles. The topological polar surface area (TPSA) is 106 Å². The van der Waals surface area contributed by atoms with E-state index < -0.39 is 4.92 Å². The fourth-order valence-corrected chi connectivity index (χ4v) is 2.71. The predicted octanol–water partition coefficient (Wildman–Crippen LogP) is 4.43. The molecule has 3 aromatic rings. The van der Waals surface area contributed by atoms with Gasteiger partial charge in [-0.2, -0.15) is 5.26 Å². The molecule has 122 valence electrons. The predicted molar refractivity (Wildman–Crippen MR) is 95.9 cm³/mol. The second kappa shape index (κ2) is 6.59. The molecule has 2 aromatic carbocycles. The SMILES string of the molecule is N#Cc1c(-c2ccccc2Cl)cc(-c2ccc([N+](=O)[O-])cc2)nc1N. The Balaban J connectivity index is 2.19. The number of nitro groups is 1. The Morgan fingerprint density at radius 1 is 1.12 bits per heavy atom. The number of nitrogens with zero attached hydrogens (tertiary/aromatic N) is 3. The molecule has 0 unspecified atom stereocenters. The highest BCUT2D eigenvalue weighted by Gasteiger charge is 2.15. The third kappa shape index (κ3) is 3.13. The molecule has 25 heavy (non-hydrogen) atoms. The zero-order chi connectivity index (χ0) is 18.0. The summed E-state index contributed by atoms with van der Waals surface area (Å²) in [6.07, 6.45) is 0. The lowest BCUT2D eigenvalue weighted by Gasteiger charge is -2.11. The first-order valence-electron chi connectivity index (χ1n) is 7.21. The highest BCUT2D eigenvalue weighted by molar-refractivity contribution is 6.33. The van der Waals surface area contributed by atoms with Gasteiger partial charge in [-0.05, 0) is 24.3 Å². The quantitative estimate of drug-likeness (QED) is 0.555. The summed E-state index contributed by atoms with van der Waals surface area (Å²) in [6, 6.07) is 16.8. The lowest BCUT2D eigenvalue weighted by Crippen LogP contribution is -2.00. The number of pyridine rings is 1. The number of hydrogen-bond donors (Lipinski definition) is 1. The fourth-order valence-electron chi connectivity index (χ4n) is 2.48. The van der Waals surface area contributed by atoms with E-state index in [1.165, 1.54) is 12.1 Å². The molecule has 0 aliphatic heterocycles. The average Bonchev–Trinajstić information content (AvgIpc) is 2.61. The Hall–Kier alpha value is -3.43. The van der Waals surface area contributed by atoms with Crippen LogP contribution in [0.3, 0.4) is 0 Å². The van der Waals surface area contributed by atoms with Gasteiger partial charge in [0, 0.05) is 33.8 Å². The van der Waals surface area contributed by atoms with Crippen molar-refractivity contribution in [1.29, 1.82) is 5.26 Å². The summed E-state index contributed by atoms with van der Waals surface area (Å²) >= 11 is 6.25. The normalized spacial score (nSPS) is 10.2. The van der Waals surface area contributed by atoms with Crippen LogP contribution in [0.15, 0.2) is 54.6 Å². The fraction of sp³-hybridized carbons (Fsp3) is 0. The van der Waals surface area contributed by atoms with E-state index in [0.29, 0.717) is 27.4 Å². The number of hydrogen-bond acceptors (Lipinski definition) is 5. The molecule has 1 heterocycles. The monoisotopic (exact) mass is 350 g/mol. The average molecular weight is 351 g/mol. The van der Waals surface area contributed by atoms with Crippen molar-refractivity contribution in [3.63, 3.8) is 0 Å². The highest BCUT2D eigenvalue weighted by Crippen LogP contribution is 2.35. The Labute approximate surface area is 148 Å². The van der Waals surface area contributed by atoms with Crippen LogP contribution in [-0.2, 0) is 0 Å². The molecule has 0 spiro atoms. The van der Waals surface area contributed by atoms with Gasteiger partial charge in [0.05, 0.1) is 10.6 Å². The Morgan fingerprint density at radius 2 is 1.80 bits per heavy atom. The summed E-state index contributed by atoms with van der Waals surface area (Å²) in [4.78, 5) is 14.6. The van der Waals surface area contributed by atoms with Gasteiger partial charge in [-0.25, -0.2) is 4.98 Å². The maximum absolute atomic E-state index is 10.8. The standard InChI is InChI=1S/C18H11ClN4O2/c19-16-4-2-1-3-13(16)14-9-17(22-18(21)15(14)10-20)11-5-7-12(8-6-11)23(24)25/h1-9H,(H2,21,22). The number of rotatable bonds is 3. The van der Waals surface area contributed by atoms with Crippen LogP contribution < -0.4 is 5.73 Å². The number of nitrogen functional groups attached to an aromatic ring is 1. The highest BCUT2D eigenvalue weighted by atomic mass is 35.5. The Kier molecular flexibility index (Phi) is 4.33. The van der Waals surface area contributed by atoms with Crippen molar-refractivity contribution in [3.05, 3.63) is 75.3 Å². The molecular formula is C18H11ClN4O2. The van der Waals surface area contributed by atoms with E-state index >= 15 is 0 Å². The van der Waals surface area contributed by atoms with Crippen molar-refractivity contribution in [3.8, 4) is 28.5 Å². The smallest absolute Gasteiger partial charge is 0.269 e. The summed E-state index contributed by atoms with van der Waals surface area (Å²) in [6.45, 7) is 0. The van der Waals surface area contributed by atoms with E-state index in [1.807, 2.05) is 6.07 Å². The second-order valence-corrected chi connectivity index (χ2v) is 5.62. The van der Waals surface area contributed by atoms with Crippen molar-refractivity contribution in [1.82, 2.24) is 4.98 Å². The van der Waals surface area contributed by atoms with Gasteiger partial charge in [0.25, 0.3) is 5.69 Å². The minimum Gasteiger partial charge on any atom is -0.383 e. The maximum atomic E-state index is 10.8. The number of non-ortho nitro benzene ring substituents is 1. The van der Waals surface area contributed by atoms with Gasteiger partial charge in [-0.15, -0.1) is 0 Å². The van der Waals surface area contributed by atoms with Crippen molar-refractivity contribution in [2.24, 2.45) is 0 Å². The lowest BCUT2D eigenvalue weighted by atomic mass is 9.98. The summed E-state index contributed by atoms with van der Waals surface area (Å²) < 4.78 is 0. The molecular weight excluding hydrogens is 340 g/mol. The van der Waals surface area contributed by atoms with Crippen molar-refractivity contribution >= 4 is 23.1 Å². The molecule has 3 rings (SSSR count). The number of halogens is 1. The summed E-state index contributed by atoms with van der Waals surface area (Å²) in [5.41, 5.74) is 8.55. The van der Waals surface area contributed by atoms with Gasteiger partial charge in [0.2, 0.25) is 0 Å². The third-order valence-corrected chi connectivity index (χ3v) is 4.03. The largest absolute Gasteiger partial charge is 0.383 e. The zero-order valence-electron chi connectivity index (χ0n) is 12.8. The Morgan fingerprint density at radius 3 is 2.40 bits per heavy atom. The molecule has 0 saturated carbocycles. The van der Waals surface area contributed by atoms with Crippen LogP contribution in [0, 0.1) is 21.4 Å². The van der Waals surface area contributed by atoms with Gasteiger partial charge in [-0.3, -0.25) is 10.1 Å². The first-order chi connectivity index (χ1) is 12.0. The van der Waals surface area contributed by atoms with Gasteiger partial charge in [-0.1, -0.05) is 29.8 Å². The van der Waals surface area contributed by atoms with Crippen LogP contribution in [-0.4, -0.2) is 9.91 Å². The molecule has 0 atom stereocenters. The summed E-state index contributed by atoms with van der Waals surface area (Å²) in [7, 11) is 0. The van der Waals surface area contributed by atoms with Gasteiger partial charge in [0.15, 0.2) is 0 Å².